The van der Waals surface area contributed by atoms with E-state index in [4.69, 9.17) is 17.0 Å². The van der Waals surface area contributed by atoms with Gasteiger partial charge in [0, 0.05) is 0 Å². The van der Waals surface area contributed by atoms with Crippen molar-refractivity contribution in [3.8, 4) is 44.5 Å². The van der Waals surface area contributed by atoms with Crippen LogP contribution in [-0.4, -0.2) is 5.92 Å². The number of halogens is 2. The molecule has 0 nitrogen and oxygen atoms in total. The van der Waals surface area contributed by atoms with Crippen LogP contribution in [0.1, 0.15) is 107 Å². The Morgan fingerprint density at radius 3 is 1.16 bits per heavy atom. The van der Waals surface area contributed by atoms with Gasteiger partial charge in [0.1, 0.15) is 0 Å². The topological polar surface area (TPSA) is 0 Å². The van der Waals surface area contributed by atoms with Gasteiger partial charge >= 0.3 is 360 Å². The van der Waals surface area contributed by atoms with E-state index in [0.717, 1.165) is 12.8 Å². The quantitative estimate of drug-likeness (QED) is 0.114. The normalized spacial score (nSPS) is 16.9. The van der Waals surface area contributed by atoms with E-state index in [-0.39, 0.29) is 7.25 Å². The molecule has 0 fully saturated rings. The fourth-order valence-electron chi connectivity index (χ4n) is 10.5. The van der Waals surface area contributed by atoms with Crippen LogP contribution >= 0.6 is 17.0 Å². The van der Waals surface area contributed by atoms with Crippen molar-refractivity contribution >= 4 is 35.1 Å². The van der Waals surface area contributed by atoms with Gasteiger partial charge in [-0.15, -0.1) is 0 Å². The maximum atomic E-state index is 8.96. The van der Waals surface area contributed by atoms with Gasteiger partial charge in [0.25, 0.3) is 0 Å². The van der Waals surface area contributed by atoms with E-state index >= 15 is 0 Å². The van der Waals surface area contributed by atoms with Gasteiger partial charge in [0.05, 0.1) is 0 Å². The Kier molecular flexibility index (Phi) is 11.5. The third-order valence-electron chi connectivity index (χ3n) is 13.5. The van der Waals surface area contributed by atoms with Gasteiger partial charge in [0.2, 0.25) is 0 Å². The van der Waals surface area contributed by atoms with E-state index in [2.05, 4.69) is 200 Å². The second-order valence-electron chi connectivity index (χ2n) is 17.6. The summed E-state index contributed by atoms with van der Waals surface area (Å²) in [7, 11) is 17.9. The first-order chi connectivity index (χ1) is 27.9. The average molecular weight is 896 g/mol. The molecule has 0 bridgehead atoms. The molecule has 0 saturated heterocycles. The van der Waals surface area contributed by atoms with Gasteiger partial charge in [-0.05, 0) is 0 Å². The summed E-state index contributed by atoms with van der Waals surface area (Å²) in [5.74, 6) is -1.05. The van der Waals surface area contributed by atoms with Crippen LogP contribution < -0.4 is 0 Å². The molecule has 0 radical (unpaired) electrons. The number of allylic oxidation sites excluding steroid dienone is 2. The van der Waals surface area contributed by atoms with E-state index < -0.39 is 21.5 Å². The molecule has 2 aliphatic rings. The van der Waals surface area contributed by atoms with Crippen molar-refractivity contribution in [1.29, 1.82) is 0 Å². The molecule has 0 saturated carbocycles. The van der Waals surface area contributed by atoms with Crippen LogP contribution in [0.5, 0.6) is 0 Å². The Morgan fingerprint density at radius 1 is 0.483 bits per heavy atom. The van der Waals surface area contributed by atoms with Gasteiger partial charge in [0.15, 0.2) is 0 Å². The van der Waals surface area contributed by atoms with Crippen LogP contribution in [0, 0.1) is 0 Å². The van der Waals surface area contributed by atoms with Gasteiger partial charge < -0.3 is 0 Å². The number of hydrogen-bond donors (Lipinski definition) is 0. The Labute approximate surface area is 356 Å². The maximum absolute atomic E-state index is 8.96. The molecule has 295 valence electrons. The summed E-state index contributed by atoms with van der Waals surface area (Å²) < 4.78 is 0.0760. The fraction of sp³-hybridized carbons (Fsp3) is 0.259. The van der Waals surface area contributed by atoms with Crippen molar-refractivity contribution in [2.45, 2.75) is 86.6 Å². The molecule has 0 aliphatic heterocycles. The van der Waals surface area contributed by atoms with Crippen LogP contribution in [-0.2, 0) is 15.6 Å². The number of hydrogen-bond acceptors (Lipinski definition) is 0. The standard InChI is InChI=1S/2C26H25.C2H7Si.2ClH.Zr/c2*1-4-19-16-21-14-15-22(18(2)3)26(25(21)17-19)24-13-9-8-12-23(24)20-10-6-5-7-11-20;1-3-2;;;/h2*5-18H,4H2,1-3H3;3H,1-2H3;2*1H;/q;;;;;+2/p-2. The SMILES string of the molecule is CCC1=Cc2c(ccc(C(C)C)c2-c2ccccc2-c2ccccc2)[CH]1[Zr]([Cl])([Cl])([CH]1C(CC)=Cc2c1ccc(C(C)C)c2-c1ccccc1-c1ccccc1)[SiH](C)C. The molecule has 0 spiro atoms. The molecule has 0 N–H and O–H groups in total. The minimum atomic E-state index is -5.03. The first-order valence-corrected chi connectivity index (χ1v) is 37.8. The molecule has 8 rings (SSSR count). The van der Waals surface area contributed by atoms with Crippen molar-refractivity contribution in [3.05, 3.63) is 178 Å². The third-order valence-corrected chi connectivity index (χ3v) is 65.3. The number of fused-ring (bicyclic) bond motifs is 2. The van der Waals surface area contributed by atoms with E-state index in [0.29, 0.717) is 11.8 Å². The molecule has 6 aromatic rings. The molecule has 6 aromatic carbocycles. The van der Waals surface area contributed by atoms with Gasteiger partial charge in [-0.25, -0.2) is 0 Å². The molecular weight excluding hydrogens is 839 g/mol. The molecule has 0 amide bonds. The van der Waals surface area contributed by atoms with Gasteiger partial charge in [-0.3, -0.25) is 0 Å². The summed E-state index contributed by atoms with van der Waals surface area (Å²) >= 11 is -5.03. The van der Waals surface area contributed by atoms with Crippen LogP contribution in [0.3, 0.4) is 0 Å². The zero-order valence-electron chi connectivity index (χ0n) is 35.4. The van der Waals surface area contributed by atoms with Crippen molar-refractivity contribution in [1.82, 2.24) is 0 Å². The van der Waals surface area contributed by atoms with Crippen molar-refractivity contribution in [3.63, 3.8) is 0 Å². The van der Waals surface area contributed by atoms with E-state index in [1.54, 1.807) is 0 Å². The molecule has 2 aliphatic carbocycles. The zero-order valence-corrected chi connectivity index (χ0v) is 40.5. The summed E-state index contributed by atoms with van der Waals surface area (Å²) in [6.07, 6.45) is 6.92. The molecule has 4 heteroatoms. The summed E-state index contributed by atoms with van der Waals surface area (Å²) in [5, 5.41) is 0. The Balaban J connectivity index is 1.38. The second kappa shape index (κ2) is 16.2. The van der Waals surface area contributed by atoms with Gasteiger partial charge in [-0.2, -0.15) is 0 Å². The van der Waals surface area contributed by atoms with E-state index in [1.807, 2.05) is 0 Å². The number of rotatable bonds is 11. The van der Waals surface area contributed by atoms with Crippen LogP contribution in [0.15, 0.2) is 145 Å². The Morgan fingerprint density at radius 2 is 0.828 bits per heavy atom. The summed E-state index contributed by atoms with van der Waals surface area (Å²) in [4.78, 5) is 0. The summed E-state index contributed by atoms with van der Waals surface area (Å²) in [6, 6.07) is 49.4. The second-order valence-corrected chi connectivity index (χ2v) is 60.1. The van der Waals surface area contributed by atoms with E-state index in [1.165, 1.54) is 89.0 Å². The molecule has 58 heavy (non-hydrogen) atoms. The molecule has 2 atom stereocenters. The minimum absolute atomic E-state index is 0.0380. The first kappa shape index (κ1) is 41.2. The zero-order chi connectivity index (χ0) is 41.0. The fourth-order valence-corrected chi connectivity index (χ4v) is 42.3. The van der Waals surface area contributed by atoms with E-state index in [9.17, 15) is 0 Å². The average Bonchev–Trinajstić information content (AvgIpc) is 3.84. The van der Waals surface area contributed by atoms with Crippen LogP contribution in [0.25, 0.3) is 56.7 Å². The van der Waals surface area contributed by atoms with Crippen molar-refractivity contribution in [2.24, 2.45) is 0 Å². The molecular formula is C54H57Cl2SiZr. The predicted molar refractivity (Wildman–Crippen MR) is 255 cm³/mol. The number of benzene rings is 6. The monoisotopic (exact) mass is 893 g/mol. The van der Waals surface area contributed by atoms with Crippen molar-refractivity contribution < 1.29 is 15.6 Å². The van der Waals surface area contributed by atoms with Crippen LogP contribution in [0.4, 0.5) is 0 Å². The Hall–Kier alpha value is -3.52. The third kappa shape index (κ3) is 6.66. The summed E-state index contributed by atoms with van der Waals surface area (Å²) in [6.45, 7) is 18.9. The molecule has 0 heterocycles. The van der Waals surface area contributed by atoms with Crippen LogP contribution in [0.2, 0.25) is 13.1 Å². The van der Waals surface area contributed by atoms with Gasteiger partial charge in [-0.1, -0.05) is 0 Å². The van der Waals surface area contributed by atoms with Crippen molar-refractivity contribution in [2.75, 3.05) is 0 Å². The molecule has 2 unspecified atom stereocenters. The first-order valence-electron chi connectivity index (χ1n) is 21.5. The summed E-state index contributed by atoms with van der Waals surface area (Å²) in [5.41, 5.74) is 21.2. The predicted octanol–water partition coefficient (Wildman–Crippen LogP) is 17.0. The molecule has 0 aromatic heterocycles. The Bertz CT molecular complexity index is 2390.